The van der Waals surface area contributed by atoms with Crippen LogP contribution in [0.1, 0.15) is 22.8 Å². The van der Waals surface area contributed by atoms with Crippen molar-refractivity contribution in [1.29, 1.82) is 0 Å². The zero-order valence-corrected chi connectivity index (χ0v) is 10.1. The van der Waals surface area contributed by atoms with Crippen LogP contribution >= 0.6 is 11.6 Å². The second-order valence-corrected chi connectivity index (χ2v) is 3.96. The van der Waals surface area contributed by atoms with Crippen molar-refractivity contribution in [2.45, 2.75) is 20.0 Å². The Hall–Kier alpha value is -1.06. The fraction of sp³-hybridized carbons (Fsp3) is 0.417. The molecule has 4 heteroatoms. The molecular weight excluding hydrogens is 228 g/mol. The second-order valence-electron chi connectivity index (χ2n) is 3.58. The molecule has 0 bridgehead atoms. The number of hydrogen-bond acceptors (Lipinski definition) is 2. The molecule has 88 valence electrons. The molecule has 0 aliphatic rings. The normalized spacial score (nSPS) is 12.4. The maximum Gasteiger partial charge on any atom is 0.337 e. The monoisotopic (exact) mass is 242 g/mol. The lowest BCUT2D eigenvalue weighted by molar-refractivity contribution is -0.150. The number of halogens is 1. The van der Waals surface area contributed by atoms with Gasteiger partial charge in [0.05, 0.1) is 6.61 Å². The Labute approximate surface area is 100.0 Å². The van der Waals surface area contributed by atoms with Crippen molar-refractivity contribution in [1.82, 2.24) is 0 Å². The van der Waals surface area contributed by atoms with Gasteiger partial charge in [-0.3, -0.25) is 0 Å². The number of benzene rings is 1. The number of rotatable bonds is 5. The van der Waals surface area contributed by atoms with Gasteiger partial charge in [0, 0.05) is 5.88 Å². The molecule has 0 spiro atoms. The van der Waals surface area contributed by atoms with Gasteiger partial charge in [-0.25, -0.2) is 4.79 Å². The molecule has 16 heavy (non-hydrogen) atoms. The van der Waals surface area contributed by atoms with Gasteiger partial charge in [0.2, 0.25) is 0 Å². The first-order chi connectivity index (χ1) is 7.57. The average Bonchev–Trinajstić information content (AvgIpc) is 2.21. The van der Waals surface area contributed by atoms with E-state index in [4.69, 9.17) is 21.4 Å². The Balaban J connectivity index is 3.05. The smallest absolute Gasteiger partial charge is 0.337 e. The van der Waals surface area contributed by atoms with E-state index < -0.39 is 12.1 Å². The molecule has 0 aromatic heterocycles. The molecule has 0 amide bonds. The van der Waals surface area contributed by atoms with Gasteiger partial charge in [0.1, 0.15) is 0 Å². The molecule has 0 saturated heterocycles. The number of carboxylic acids is 1. The highest BCUT2D eigenvalue weighted by Crippen LogP contribution is 2.25. The minimum Gasteiger partial charge on any atom is -0.479 e. The van der Waals surface area contributed by atoms with Crippen LogP contribution in [0.5, 0.6) is 0 Å². The molecule has 1 rings (SSSR count). The minimum absolute atomic E-state index is 0.228. The zero-order chi connectivity index (χ0) is 12.1. The van der Waals surface area contributed by atoms with E-state index in [0.29, 0.717) is 0 Å². The average molecular weight is 243 g/mol. The van der Waals surface area contributed by atoms with Crippen LogP contribution in [0.2, 0.25) is 0 Å². The van der Waals surface area contributed by atoms with Crippen LogP contribution in [-0.4, -0.2) is 23.6 Å². The maximum absolute atomic E-state index is 11.1. The number of hydrogen-bond donors (Lipinski definition) is 1. The lowest BCUT2D eigenvalue weighted by atomic mass is 9.98. The van der Waals surface area contributed by atoms with E-state index in [1.54, 1.807) is 0 Å². The number of alkyl halides is 1. The predicted octanol–water partition coefficient (Wildman–Crippen LogP) is 2.68. The van der Waals surface area contributed by atoms with Crippen LogP contribution in [0.4, 0.5) is 0 Å². The molecule has 1 unspecified atom stereocenters. The van der Waals surface area contributed by atoms with Gasteiger partial charge in [0.15, 0.2) is 6.10 Å². The van der Waals surface area contributed by atoms with Gasteiger partial charge in [0.25, 0.3) is 0 Å². The van der Waals surface area contributed by atoms with Crippen LogP contribution in [0.3, 0.4) is 0 Å². The summed E-state index contributed by atoms with van der Waals surface area (Å²) in [6.07, 6.45) is -0.931. The summed E-state index contributed by atoms with van der Waals surface area (Å²) in [5.74, 6) is -0.697. The molecule has 1 atom stereocenters. The maximum atomic E-state index is 11.1. The highest BCUT2D eigenvalue weighted by atomic mass is 35.5. The summed E-state index contributed by atoms with van der Waals surface area (Å²) in [7, 11) is 0. The van der Waals surface area contributed by atoms with Crippen LogP contribution in [-0.2, 0) is 9.53 Å². The van der Waals surface area contributed by atoms with E-state index in [9.17, 15) is 4.79 Å². The third-order valence-corrected chi connectivity index (χ3v) is 2.54. The molecule has 1 aromatic rings. The largest absolute Gasteiger partial charge is 0.479 e. The van der Waals surface area contributed by atoms with Gasteiger partial charge in [-0.1, -0.05) is 18.2 Å². The third kappa shape index (κ3) is 2.97. The highest BCUT2D eigenvalue weighted by molar-refractivity contribution is 6.17. The van der Waals surface area contributed by atoms with E-state index in [2.05, 4.69) is 0 Å². The molecule has 0 saturated carbocycles. The lowest BCUT2D eigenvalue weighted by Gasteiger charge is -2.17. The summed E-state index contributed by atoms with van der Waals surface area (Å²) in [4.78, 5) is 11.1. The van der Waals surface area contributed by atoms with Crippen LogP contribution in [0, 0.1) is 13.8 Å². The molecule has 0 heterocycles. The topological polar surface area (TPSA) is 46.5 Å². The first-order valence-corrected chi connectivity index (χ1v) is 5.58. The number of aliphatic carboxylic acids is 1. The number of ether oxygens (including phenoxy) is 1. The predicted molar refractivity (Wildman–Crippen MR) is 63.0 cm³/mol. The van der Waals surface area contributed by atoms with E-state index in [1.165, 1.54) is 0 Å². The summed E-state index contributed by atoms with van der Waals surface area (Å²) in [5, 5.41) is 9.13. The Bertz CT molecular complexity index is 356. The molecular formula is C12H15ClO3. The summed E-state index contributed by atoms with van der Waals surface area (Å²) in [5.41, 5.74) is 2.56. The van der Waals surface area contributed by atoms with E-state index in [-0.39, 0.29) is 12.5 Å². The highest BCUT2D eigenvalue weighted by Gasteiger charge is 2.23. The standard InChI is InChI=1S/C12H15ClO3/c1-8-4-3-5-9(2)10(8)11(12(14)15)16-7-6-13/h3-5,11H,6-7H2,1-2H3,(H,14,15). The van der Waals surface area contributed by atoms with Gasteiger partial charge in [-0.05, 0) is 30.5 Å². The lowest BCUT2D eigenvalue weighted by Crippen LogP contribution is -2.18. The van der Waals surface area contributed by atoms with Crippen molar-refractivity contribution >= 4 is 17.6 Å². The van der Waals surface area contributed by atoms with Crippen molar-refractivity contribution in [3.05, 3.63) is 34.9 Å². The van der Waals surface area contributed by atoms with Crippen LogP contribution < -0.4 is 0 Å². The molecule has 0 aliphatic carbocycles. The fourth-order valence-corrected chi connectivity index (χ4v) is 1.77. The van der Waals surface area contributed by atoms with Crippen molar-refractivity contribution in [2.24, 2.45) is 0 Å². The summed E-state index contributed by atoms with van der Waals surface area (Å²) >= 11 is 5.50. The molecule has 0 fully saturated rings. The first-order valence-electron chi connectivity index (χ1n) is 5.04. The fourth-order valence-electron chi connectivity index (χ4n) is 1.68. The van der Waals surface area contributed by atoms with Crippen LogP contribution in [0.15, 0.2) is 18.2 Å². The Kier molecular flexibility index (Phi) is 4.77. The number of aryl methyl sites for hydroxylation is 2. The molecule has 0 aliphatic heterocycles. The van der Waals surface area contributed by atoms with Crippen molar-refractivity contribution < 1.29 is 14.6 Å². The number of carbonyl (C=O) groups is 1. The van der Waals surface area contributed by atoms with Crippen molar-refractivity contribution in [2.75, 3.05) is 12.5 Å². The summed E-state index contributed by atoms with van der Waals surface area (Å²) in [6.45, 7) is 3.98. The van der Waals surface area contributed by atoms with Crippen molar-refractivity contribution in [3.63, 3.8) is 0 Å². The SMILES string of the molecule is Cc1cccc(C)c1C(OCCCl)C(=O)O. The van der Waals surface area contributed by atoms with Crippen molar-refractivity contribution in [3.8, 4) is 0 Å². The minimum atomic E-state index is -0.984. The zero-order valence-electron chi connectivity index (χ0n) is 9.37. The Morgan fingerprint density at radius 2 is 2.00 bits per heavy atom. The molecule has 1 N–H and O–H groups in total. The second kappa shape index (κ2) is 5.87. The summed E-state index contributed by atoms with van der Waals surface area (Å²) < 4.78 is 5.27. The molecule has 3 nitrogen and oxygen atoms in total. The van der Waals surface area contributed by atoms with Gasteiger partial charge < -0.3 is 9.84 Å². The first kappa shape index (κ1) is 13.0. The Morgan fingerprint density at radius 3 is 2.44 bits per heavy atom. The van der Waals surface area contributed by atoms with E-state index in [0.717, 1.165) is 16.7 Å². The molecule has 1 aromatic carbocycles. The quantitative estimate of drug-likeness (QED) is 0.808. The van der Waals surface area contributed by atoms with Gasteiger partial charge in [-0.2, -0.15) is 0 Å². The molecule has 0 radical (unpaired) electrons. The van der Waals surface area contributed by atoms with E-state index >= 15 is 0 Å². The number of carboxylic acid groups (broad SMARTS) is 1. The van der Waals surface area contributed by atoms with Gasteiger partial charge in [-0.15, -0.1) is 11.6 Å². The third-order valence-electron chi connectivity index (χ3n) is 2.39. The van der Waals surface area contributed by atoms with E-state index in [1.807, 2.05) is 32.0 Å². The summed E-state index contributed by atoms with van der Waals surface area (Å²) in [6, 6.07) is 5.65. The Morgan fingerprint density at radius 1 is 1.44 bits per heavy atom. The van der Waals surface area contributed by atoms with Gasteiger partial charge >= 0.3 is 5.97 Å². The van der Waals surface area contributed by atoms with Crippen LogP contribution in [0.25, 0.3) is 0 Å².